The van der Waals surface area contributed by atoms with Gasteiger partial charge in [-0.1, -0.05) is 225 Å². The molecule has 5 amide bonds. The van der Waals surface area contributed by atoms with Crippen LogP contribution in [0.25, 0.3) is 0 Å². The Morgan fingerprint density at radius 3 is 0.878 bits per heavy atom. The van der Waals surface area contributed by atoms with Gasteiger partial charge >= 0.3 is 36.0 Å². The minimum Gasteiger partial charge on any atom is -0.459 e. The summed E-state index contributed by atoms with van der Waals surface area (Å²) in [7, 11) is 3.19. The zero-order valence-corrected chi connectivity index (χ0v) is 82.1. The van der Waals surface area contributed by atoms with Crippen LogP contribution in [0.3, 0.4) is 0 Å². The first-order valence-corrected chi connectivity index (χ1v) is 46.4. The van der Waals surface area contributed by atoms with E-state index >= 15 is 0 Å². The van der Waals surface area contributed by atoms with E-state index in [-0.39, 0.29) is 106 Å². The average Bonchev–Trinajstić information content (AvgIpc) is 0.855. The van der Waals surface area contributed by atoms with Crippen molar-refractivity contribution in [3.63, 3.8) is 0 Å². The number of esters is 5. The maximum atomic E-state index is 13.4. The zero-order chi connectivity index (χ0) is 102. The number of alkyl halides is 3. The Hall–Kier alpha value is -15.2. The second kappa shape index (κ2) is 60.3. The number of halogens is 3. The third-order valence-corrected chi connectivity index (χ3v) is 22.4. The summed E-state index contributed by atoms with van der Waals surface area (Å²) < 4.78 is 67.6. The van der Waals surface area contributed by atoms with Crippen LogP contribution in [-0.4, -0.2) is 171 Å². The van der Waals surface area contributed by atoms with Crippen molar-refractivity contribution in [2.24, 2.45) is 0 Å². The van der Waals surface area contributed by atoms with Crippen LogP contribution in [0.2, 0.25) is 0 Å². The summed E-state index contributed by atoms with van der Waals surface area (Å²) in [5.41, 5.74) is 4.90. The molecule has 1 aliphatic carbocycles. The lowest BCUT2D eigenvalue weighted by atomic mass is 9.91. The Balaban J connectivity index is 0.000000456. The molecule has 0 radical (unpaired) electrons. The van der Waals surface area contributed by atoms with Crippen LogP contribution in [0, 0.1) is 71.0 Å². The predicted molar refractivity (Wildman–Crippen MR) is 542 cm³/mol. The topological polar surface area (TPSA) is 233 Å². The minimum atomic E-state index is -4.74. The average molecular weight is 1890 g/mol. The first kappa shape index (κ1) is 113. The van der Waals surface area contributed by atoms with Crippen molar-refractivity contribution < 1.29 is 89.1 Å². The Morgan fingerprint density at radius 1 is 0.317 bits per heavy atom. The molecule has 20 nitrogen and oxygen atoms in total. The molecule has 0 N–H and O–H groups in total. The van der Waals surface area contributed by atoms with E-state index in [0.717, 1.165) is 36.8 Å². The van der Waals surface area contributed by atoms with E-state index in [4.69, 9.17) is 23.7 Å². The highest BCUT2D eigenvalue weighted by Gasteiger charge is 2.45. The molecule has 23 heteroatoms. The highest BCUT2D eigenvalue weighted by molar-refractivity contribution is 5.98. The highest BCUT2D eigenvalue weighted by atomic mass is 19.4. The summed E-state index contributed by atoms with van der Waals surface area (Å²) in [5, 5.41) is 0. The number of carbonyl (C=O) groups is 10. The lowest BCUT2D eigenvalue weighted by Crippen LogP contribution is -2.47. The molecular weight excluding hydrogens is 1760 g/mol. The third kappa shape index (κ3) is 39.2. The van der Waals surface area contributed by atoms with E-state index in [1.54, 1.807) is 176 Å². The quantitative estimate of drug-likeness (QED) is 0.0217. The van der Waals surface area contributed by atoms with Gasteiger partial charge in [-0.15, -0.1) is 0 Å². The molecule has 0 aromatic heterocycles. The molecule has 732 valence electrons. The van der Waals surface area contributed by atoms with Crippen molar-refractivity contribution in [3.05, 3.63) is 323 Å². The van der Waals surface area contributed by atoms with Gasteiger partial charge in [0, 0.05) is 128 Å². The SMILES string of the molecule is CC#CC#CC(=O)N(C(C)C)C(C)CC(C)OC(=O)c1ccccc1.CC#CC#CC(=O)N(C(C)C)C(C)CC(OC(=O)c1ccccc1)c1ccccc1.CC#CC#CC(=O)N(C(C)CC(OC(=O)c1ccccc1)c1ccccc1)C1CCCCC1.CC(CC(C)N(C)C(=O)c1ccccc1)OC(=O)c1ccccc1.CC(CC(OC(=O)c1ccccc1)C(F)(F)F)N(C)C(=O)c1ccccc1.[HH].[HH].[HH]. The number of ether oxygens (including phenoxy) is 5. The smallest absolute Gasteiger partial charge is 0.425 e. The zero-order valence-electron chi connectivity index (χ0n) is 82.1. The van der Waals surface area contributed by atoms with Crippen LogP contribution in [-0.2, 0) is 38.1 Å². The Morgan fingerprint density at radius 2 is 0.576 bits per heavy atom. The molecule has 0 heterocycles. The van der Waals surface area contributed by atoms with Gasteiger partial charge in [0.25, 0.3) is 29.5 Å². The number of rotatable bonds is 32. The van der Waals surface area contributed by atoms with Crippen molar-refractivity contribution in [2.75, 3.05) is 14.1 Å². The fraction of sp³-hybridized carbons (Fsp3) is 0.345. The van der Waals surface area contributed by atoms with Crippen LogP contribution >= 0.6 is 0 Å². The standard InChI is InChI=1S/C29H31NO3.C26H27NO3.C21H25NO3.C20H20F3NO3.C20H23NO3.3H2/c1-3-4-8-21-28(31)30(26-19-13-7-14-20-26)23(2)22-27(24-15-9-5-10-16-24)33-29(32)25-17-11-6-12-18-25;1-5-6-9-18-25(28)27(20(2)3)21(4)19-24(22-14-10-7-11-15-22)30-26(29)23-16-12-8-13-17-23;1-6-7-9-14-20(23)22(16(2)3)17(4)15-18(5)25-21(24)19-12-10-8-11-13-19;1-14(24(2)18(25)15-9-5-3-6-10-15)13-17(20(21,22)23)27-19(26)16-11-7-4-8-12-16;1-15(21(3)19(22)17-10-6-4-7-11-17)14-16(2)24-20(23)18-12-8-5-9-13-18;;;/h5-6,9-12,15-18,23,26-27H,7,13-14,19-20,22H2,1-2H3;7-8,10-17,20-21,24H,19H2,1-4H3;8,10-13,16-18H,15H2,1-5H3;3-12,14,17H,13H2,1-2H3;4-13,15-16H,14H2,1-3H3;3*1H. The van der Waals surface area contributed by atoms with Gasteiger partial charge in [0.2, 0.25) is 0 Å². The second-order valence-corrected chi connectivity index (χ2v) is 33.8. The van der Waals surface area contributed by atoms with E-state index < -0.39 is 54.8 Å². The number of carbonyl (C=O) groups excluding carboxylic acids is 10. The Kier molecular flexibility index (Phi) is 48.9. The van der Waals surface area contributed by atoms with Crippen LogP contribution in [0.5, 0.6) is 0 Å². The summed E-state index contributed by atoms with van der Waals surface area (Å²) in [6, 6.07) is 78.6. The van der Waals surface area contributed by atoms with Gasteiger partial charge in [-0.25, -0.2) is 24.0 Å². The summed E-state index contributed by atoms with van der Waals surface area (Å²) in [4.78, 5) is 133. The molecule has 9 aromatic rings. The molecule has 0 saturated heterocycles. The van der Waals surface area contributed by atoms with Crippen molar-refractivity contribution in [3.8, 4) is 71.0 Å². The van der Waals surface area contributed by atoms with E-state index in [1.165, 1.54) is 49.6 Å². The van der Waals surface area contributed by atoms with Crippen LogP contribution in [0.1, 0.15) is 261 Å². The summed E-state index contributed by atoms with van der Waals surface area (Å²) in [6.07, 6.45) is -1.78. The highest BCUT2D eigenvalue weighted by Crippen LogP contribution is 2.34. The molecule has 1 aliphatic rings. The monoisotopic (exact) mass is 1890 g/mol. The van der Waals surface area contributed by atoms with Crippen molar-refractivity contribution in [1.29, 1.82) is 0 Å². The molecule has 139 heavy (non-hydrogen) atoms. The molecule has 10 atom stereocenters. The normalized spacial score (nSPS) is 13.2. The first-order valence-electron chi connectivity index (χ1n) is 46.4. The van der Waals surface area contributed by atoms with Gasteiger partial charge in [0.15, 0.2) is 6.10 Å². The van der Waals surface area contributed by atoms with Gasteiger partial charge in [-0.2, -0.15) is 13.2 Å². The van der Waals surface area contributed by atoms with E-state index in [1.807, 2.05) is 189 Å². The number of nitrogens with zero attached hydrogens (tertiary/aromatic N) is 5. The Labute approximate surface area is 822 Å². The summed E-state index contributed by atoms with van der Waals surface area (Å²) in [6.45, 7) is 25.8. The first-order chi connectivity index (χ1) is 66.6. The minimum absolute atomic E-state index is 0. The van der Waals surface area contributed by atoms with Gasteiger partial charge in [0.05, 0.1) is 27.8 Å². The summed E-state index contributed by atoms with van der Waals surface area (Å²) in [5.74, 6) is 27.7. The molecule has 10 unspecified atom stereocenters. The second-order valence-electron chi connectivity index (χ2n) is 33.8. The number of hydrogen-bond donors (Lipinski definition) is 0. The van der Waals surface area contributed by atoms with E-state index in [9.17, 15) is 61.1 Å². The molecule has 1 fully saturated rings. The van der Waals surface area contributed by atoms with Crippen molar-refractivity contribution in [2.45, 2.75) is 246 Å². The maximum Gasteiger partial charge on any atom is 0.425 e. The molecule has 10 rings (SSSR count). The molecule has 0 aliphatic heterocycles. The molecule has 1 saturated carbocycles. The number of amides is 5. The lowest BCUT2D eigenvalue weighted by molar-refractivity contribution is -0.208. The van der Waals surface area contributed by atoms with E-state index in [0.29, 0.717) is 59.1 Å². The van der Waals surface area contributed by atoms with E-state index in [2.05, 4.69) is 71.0 Å². The molecule has 0 bridgehead atoms. The lowest BCUT2D eigenvalue weighted by Gasteiger charge is -2.38. The van der Waals surface area contributed by atoms with Gasteiger partial charge < -0.3 is 48.2 Å². The van der Waals surface area contributed by atoms with Gasteiger partial charge in [-0.3, -0.25) is 24.0 Å². The largest absolute Gasteiger partial charge is 0.459 e. The van der Waals surface area contributed by atoms with Crippen LogP contribution in [0.15, 0.2) is 273 Å². The fourth-order valence-electron chi connectivity index (χ4n) is 15.3. The maximum absolute atomic E-state index is 13.4. The number of benzene rings is 9. The summed E-state index contributed by atoms with van der Waals surface area (Å²) >= 11 is 0. The van der Waals surface area contributed by atoms with Gasteiger partial charge in [-0.05, 0) is 241 Å². The third-order valence-electron chi connectivity index (χ3n) is 22.4. The van der Waals surface area contributed by atoms with Gasteiger partial charge in [0.1, 0.15) is 24.4 Å². The molecule has 0 spiro atoms. The van der Waals surface area contributed by atoms with Crippen molar-refractivity contribution in [1.82, 2.24) is 24.5 Å². The van der Waals surface area contributed by atoms with Crippen LogP contribution < -0.4 is 0 Å². The Bertz CT molecular complexity index is 5810. The fourth-order valence-corrected chi connectivity index (χ4v) is 15.3. The predicted octanol–water partition coefficient (Wildman–Crippen LogP) is 22.3. The molecular formula is C116H132F3N5O15. The molecule has 9 aromatic carbocycles. The number of hydrogen-bond acceptors (Lipinski definition) is 15. The van der Waals surface area contributed by atoms with Crippen LogP contribution in [0.4, 0.5) is 13.2 Å². The van der Waals surface area contributed by atoms with Crippen molar-refractivity contribution >= 4 is 59.4 Å².